The van der Waals surface area contributed by atoms with Gasteiger partial charge in [-0.15, -0.1) is 0 Å². The highest BCUT2D eigenvalue weighted by Crippen LogP contribution is 2.26. The molecule has 0 bridgehead atoms. The SMILES string of the molecule is O=C(CCc1cccc(Cl)c1Cl)N1CCN(c2ncccn2)CC1. The molecule has 0 N–H and O–H groups in total. The molecule has 1 fully saturated rings. The van der Waals surface area contributed by atoms with E-state index in [0.717, 1.165) is 24.6 Å². The first-order chi connectivity index (χ1) is 11.6. The molecule has 0 spiro atoms. The van der Waals surface area contributed by atoms with E-state index >= 15 is 0 Å². The lowest BCUT2D eigenvalue weighted by Gasteiger charge is -2.34. The molecule has 2 aromatic rings. The van der Waals surface area contributed by atoms with Crippen molar-refractivity contribution in [3.8, 4) is 0 Å². The van der Waals surface area contributed by atoms with Crippen LogP contribution in [0, 0.1) is 0 Å². The molecule has 0 unspecified atom stereocenters. The fraction of sp³-hybridized carbons (Fsp3) is 0.353. The van der Waals surface area contributed by atoms with E-state index in [1.165, 1.54) is 0 Å². The zero-order chi connectivity index (χ0) is 16.9. The molecule has 1 aliphatic heterocycles. The van der Waals surface area contributed by atoms with E-state index in [1.807, 2.05) is 17.0 Å². The number of aromatic nitrogens is 2. The number of amides is 1. The summed E-state index contributed by atoms with van der Waals surface area (Å²) in [5.41, 5.74) is 0.911. The minimum absolute atomic E-state index is 0.139. The molecule has 1 saturated heterocycles. The Bertz CT molecular complexity index is 703. The highest BCUT2D eigenvalue weighted by Gasteiger charge is 2.22. The lowest BCUT2D eigenvalue weighted by atomic mass is 10.1. The van der Waals surface area contributed by atoms with Crippen LogP contribution in [0.1, 0.15) is 12.0 Å². The molecule has 24 heavy (non-hydrogen) atoms. The van der Waals surface area contributed by atoms with Gasteiger partial charge in [0, 0.05) is 45.0 Å². The molecule has 126 valence electrons. The van der Waals surface area contributed by atoms with Gasteiger partial charge in [-0.05, 0) is 24.1 Å². The summed E-state index contributed by atoms with van der Waals surface area (Å²) in [5.74, 6) is 0.856. The summed E-state index contributed by atoms with van der Waals surface area (Å²) < 4.78 is 0. The van der Waals surface area contributed by atoms with Crippen molar-refractivity contribution in [3.63, 3.8) is 0 Å². The van der Waals surface area contributed by atoms with Crippen LogP contribution in [0.25, 0.3) is 0 Å². The number of aryl methyl sites for hydroxylation is 1. The molecule has 0 saturated carbocycles. The van der Waals surface area contributed by atoms with Crippen LogP contribution in [-0.4, -0.2) is 47.0 Å². The largest absolute Gasteiger partial charge is 0.339 e. The molecular weight excluding hydrogens is 347 g/mol. The van der Waals surface area contributed by atoms with Crippen LogP contribution < -0.4 is 4.90 Å². The van der Waals surface area contributed by atoms with Crippen molar-refractivity contribution in [2.75, 3.05) is 31.1 Å². The molecule has 2 heterocycles. The molecule has 0 atom stereocenters. The fourth-order valence-electron chi connectivity index (χ4n) is 2.75. The molecule has 1 aliphatic rings. The van der Waals surface area contributed by atoms with E-state index in [2.05, 4.69) is 14.9 Å². The number of anilines is 1. The van der Waals surface area contributed by atoms with Gasteiger partial charge < -0.3 is 9.80 Å². The van der Waals surface area contributed by atoms with Gasteiger partial charge in [-0.25, -0.2) is 9.97 Å². The number of nitrogens with zero attached hydrogens (tertiary/aromatic N) is 4. The monoisotopic (exact) mass is 364 g/mol. The molecule has 3 rings (SSSR count). The Labute approximate surface area is 151 Å². The average molecular weight is 365 g/mol. The first kappa shape index (κ1) is 17.0. The Kier molecular flexibility index (Phi) is 5.53. The van der Waals surface area contributed by atoms with E-state index < -0.39 is 0 Å². The van der Waals surface area contributed by atoms with Crippen molar-refractivity contribution in [1.29, 1.82) is 0 Å². The smallest absolute Gasteiger partial charge is 0.225 e. The lowest BCUT2D eigenvalue weighted by molar-refractivity contribution is -0.131. The van der Waals surface area contributed by atoms with Gasteiger partial charge in [-0.3, -0.25) is 4.79 Å². The van der Waals surface area contributed by atoms with Crippen molar-refractivity contribution >= 4 is 35.1 Å². The highest BCUT2D eigenvalue weighted by molar-refractivity contribution is 6.42. The minimum atomic E-state index is 0.139. The van der Waals surface area contributed by atoms with Gasteiger partial charge >= 0.3 is 0 Å². The first-order valence-electron chi connectivity index (χ1n) is 7.88. The standard InChI is InChI=1S/C17H18Cl2N4O/c18-14-4-1-3-13(16(14)19)5-6-15(24)22-9-11-23(12-10-22)17-20-7-2-8-21-17/h1-4,7-8H,5-6,9-12H2. The molecule has 0 radical (unpaired) electrons. The van der Waals surface area contributed by atoms with Crippen molar-refractivity contribution in [3.05, 3.63) is 52.3 Å². The molecule has 1 aromatic carbocycles. The van der Waals surface area contributed by atoms with Crippen LogP contribution in [0.15, 0.2) is 36.7 Å². The van der Waals surface area contributed by atoms with Crippen molar-refractivity contribution < 1.29 is 4.79 Å². The Morgan fingerprint density at radius 1 is 1.04 bits per heavy atom. The van der Waals surface area contributed by atoms with E-state index in [1.54, 1.807) is 24.5 Å². The van der Waals surface area contributed by atoms with Crippen LogP contribution in [0.3, 0.4) is 0 Å². The predicted molar refractivity (Wildman–Crippen MR) is 95.6 cm³/mol. The second-order valence-electron chi connectivity index (χ2n) is 5.63. The van der Waals surface area contributed by atoms with Gasteiger partial charge in [0.05, 0.1) is 10.0 Å². The third-order valence-corrected chi connectivity index (χ3v) is 4.97. The van der Waals surface area contributed by atoms with Crippen LogP contribution in [0.5, 0.6) is 0 Å². The van der Waals surface area contributed by atoms with E-state index in [4.69, 9.17) is 23.2 Å². The number of hydrogen-bond donors (Lipinski definition) is 0. The third kappa shape index (κ3) is 3.97. The zero-order valence-corrected chi connectivity index (χ0v) is 14.7. The molecular formula is C17H18Cl2N4O. The normalized spacial score (nSPS) is 14.8. The number of piperazine rings is 1. The summed E-state index contributed by atoms with van der Waals surface area (Å²) in [7, 11) is 0. The quantitative estimate of drug-likeness (QED) is 0.836. The number of carbonyl (C=O) groups is 1. The molecule has 1 aromatic heterocycles. The number of benzene rings is 1. The summed E-state index contributed by atoms with van der Waals surface area (Å²) in [4.78, 5) is 24.9. The first-order valence-corrected chi connectivity index (χ1v) is 8.63. The molecule has 7 heteroatoms. The van der Waals surface area contributed by atoms with Gasteiger partial charge in [-0.1, -0.05) is 35.3 Å². The number of hydrogen-bond acceptors (Lipinski definition) is 4. The summed E-state index contributed by atoms with van der Waals surface area (Å²) in [5, 5.41) is 1.07. The maximum Gasteiger partial charge on any atom is 0.225 e. The Morgan fingerprint density at radius 3 is 2.46 bits per heavy atom. The Balaban J connectivity index is 1.51. The van der Waals surface area contributed by atoms with Gasteiger partial charge in [0.25, 0.3) is 0 Å². The summed E-state index contributed by atoms with van der Waals surface area (Å²) in [6.45, 7) is 2.85. The second kappa shape index (κ2) is 7.81. The molecule has 0 aliphatic carbocycles. The van der Waals surface area contributed by atoms with Gasteiger partial charge in [0.2, 0.25) is 11.9 Å². The maximum atomic E-state index is 12.4. The number of rotatable bonds is 4. The topological polar surface area (TPSA) is 49.3 Å². The minimum Gasteiger partial charge on any atom is -0.339 e. The lowest BCUT2D eigenvalue weighted by Crippen LogP contribution is -2.49. The third-order valence-electron chi connectivity index (χ3n) is 4.11. The highest BCUT2D eigenvalue weighted by atomic mass is 35.5. The van der Waals surface area contributed by atoms with Crippen molar-refractivity contribution in [2.24, 2.45) is 0 Å². The number of halogens is 2. The van der Waals surface area contributed by atoms with Crippen LogP contribution in [0.4, 0.5) is 5.95 Å². The zero-order valence-electron chi connectivity index (χ0n) is 13.2. The molecule has 1 amide bonds. The second-order valence-corrected chi connectivity index (χ2v) is 6.41. The van der Waals surface area contributed by atoms with Crippen molar-refractivity contribution in [2.45, 2.75) is 12.8 Å². The fourth-order valence-corrected chi connectivity index (χ4v) is 3.17. The maximum absolute atomic E-state index is 12.4. The predicted octanol–water partition coefficient (Wildman–Crippen LogP) is 3.06. The van der Waals surface area contributed by atoms with Gasteiger partial charge in [-0.2, -0.15) is 0 Å². The molecule has 5 nitrogen and oxygen atoms in total. The van der Waals surface area contributed by atoms with E-state index in [0.29, 0.717) is 36.0 Å². The average Bonchev–Trinajstić information content (AvgIpc) is 2.63. The summed E-state index contributed by atoms with van der Waals surface area (Å²) >= 11 is 12.2. The number of carbonyl (C=O) groups excluding carboxylic acids is 1. The van der Waals surface area contributed by atoms with Crippen LogP contribution in [0.2, 0.25) is 10.0 Å². The summed E-state index contributed by atoms with van der Waals surface area (Å²) in [6.07, 6.45) is 4.49. The van der Waals surface area contributed by atoms with Gasteiger partial charge in [0.1, 0.15) is 0 Å². The van der Waals surface area contributed by atoms with E-state index in [-0.39, 0.29) is 5.91 Å². The van der Waals surface area contributed by atoms with Crippen LogP contribution in [-0.2, 0) is 11.2 Å². The van der Waals surface area contributed by atoms with E-state index in [9.17, 15) is 4.79 Å². The Morgan fingerprint density at radius 2 is 1.75 bits per heavy atom. The van der Waals surface area contributed by atoms with Crippen LogP contribution >= 0.6 is 23.2 Å². The van der Waals surface area contributed by atoms with Crippen molar-refractivity contribution in [1.82, 2.24) is 14.9 Å². The van der Waals surface area contributed by atoms with Gasteiger partial charge in [0.15, 0.2) is 0 Å². The Hall–Kier alpha value is -1.85. The summed E-state index contributed by atoms with van der Waals surface area (Å²) in [6, 6.07) is 7.31.